The Kier molecular flexibility index (Phi) is 4.73. The number of hydrogen-bond donors (Lipinski definition) is 1. The van der Waals surface area contributed by atoms with Crippen molar-refractivity contribution in [3.05, 3.63) is 18.0 Å². The fourth-order valence-electron chi connectivity index (χ4n) is 2.89. The van der Waals surface area contributed by atoms with Gasteiger partial charge in [-0.15, -0.1) is 0 Å². The summed E-state index contributed by atoms with van der Waals surface area (Å²) in [6, 6.07) is 1.27. The van der Waals surface area contributed by atoms with E-state index in [1.807, 2.05) is 0 Å². The van der Waals surface area contributed by atoms with Gasteiger partial charge in [0.2, 0.25) is 10.0 Å². The van der Waals surface area contributed by atoms with Gasteiger partial charge in [-0.05, 0) is 37.7 Å². The van der Waals surface area contributed by atoms with Gasteiger partial charge in [0, 0.05) is 13.2 Å². The van der Waals surface area contributed by atoms with E-state index >= 15 is 0 Å². The summed E-state index contributed by atoms with van der Waals surface area (Å²) < 4.78 is 29.7. The quantitative estimate of drug-likeness (QED) is 0.858. The lowest BCUT2D eigenvalue weighted by molar-refractivity contribution is -0.000231. The number of carbonyl (C=O) groups is 1. The maximum absolute atomic E-state index is 12.3. The van der Waals surface area contributed by atoms with E-state index in [9.17, 15) is 13.2 Å². The van der Waals surface area contributed by atoms with E-state index in [1.165, 1.54) is 23.3 Å². The van der Waals surface area contributed by atoms with Crippen molar-refractivity contribution in [2.75, 3.05) is 0 Å². The highest BCUT2D eigenvalue weighted by molar-refractivity contribution is 7.89. The molecule has 1 aromatic heterocycles. The number of esters is 1. The normalized spacial score (nSPS) is 23.0. The molecule has 0 aliphatic heterocycles. The minimum atomic E-state index is -3.82. The van der Waals surface area contributed by atoms with Crippen LogP contribution in [0.4, 0.5) is 0 Å². The van der Waals surface area contributed by atoms with Gasteiger partial charge in [0.15, 0.2) is 0 Å². The first-order valence-corrected chi connectivity index (χ1v) is 8.77. The van der Waals surface area contributed by atoms with E-state index in [-0.39, 0.29) is 16.7 Å². The zero-order valence-electron chi connectivity index (χ0n) is 12.4. The van der Waals surface area contributed by atoms with Crippen molar-refractivity contribution in [1.29, 1.82) is 0 Å². The second-order valence-corrected chi connectivity index (χ2v) is 7.17. The minimum absolute atomic E-state index is 0.0763. The van der Waals surface area contributed by atoms with Crippen LogP contribution in [0.5, 0.6) is 0 Å². The number of aromatic nitrogens is 1. The summed E-state index contributed by atoms with van der Waals surface area (Å²) in [4.78, 5) is 12.2. The van der Waals surface area contributed by atoms with Gasteiger partial charge < -0.3 is 9.30 Å². The van der Waals surface area contributed by atoms with E-state index in [0.29, 0.717) is 5.92 Å². The number of ether oxygens (including phenoxy) is 1. The third-order valence-electron chi connectivity index (χ3n) is 4.14. The molecule has 2 atom stereocenters. The van der Waals surface area contributed by atoms with Gasteiger partial charge in [-0.25, -0.2) is 18.4 Å². The predicted octanol–water partition coefficient (Wildman–Crippen LogP) is 1.80. The van der Waals surface area contributed by atoms with Crippen molar-refractivity contribution in [2.24, 2.45) is 18.1 Å². The highest BCUT2D eigenvalue weighted by Crippen LogP contribution is 2.30. The number of carbonyl (C=O) groups excluding carboxylic acids is 1. The molecule has 1 heterocycles. The predicted molar refractivity (Wildman–Crippen MR) is 78.2 cm³/mol. The largest absolute Gasteiger partial charge is 0.457 e. The molecule has 118 valence electrons. The minimum Gasteiger partial charge on any atom is -0.457 e. The first-order chi connectivity index (χ1) is 9.82. The Morgan fingerprint density at radius 1 is 1.43 bits per heavy atom. The number of primary sulfonamides is 1. The molecule has 1 fully saturated rings. The summed E-state index contributed by atoms with van der Waals surface area (Å²) in [5, 5.41) is 5.07. The number of sulfonamides is 1. The molecule has 0 amide bonds. The SMILES string of the molecule is CCC1CCCCC1OC(=O)c1cc(S(N)(=O)=O)cn1C. The van der Waals surface area contributed by atoms with Crippen LogP contribution in [-0.4, -0.2) is 25.1 Å². The van der Waals surface area contributed by atoms with Gasteiger partial charge in [0.1, 0.15) is 16.7 Å². The molecular weight excluding hydrogens is 292 g/mol. The summed E-state index contributed by atoms with van der Waals surface area (Å²) in [6.45, 7) is 2.10. The highest BCUT2D eigenvalue weighted by Gasteiger charge is 2.28. The van der Waals surface area contributed by atoms with Gasteiger partial charge in [0.05, 0.1) is 0 Å². The Balaban J connectivity index is 2.15. The zero-order chi connectivity index (χ0) is 15.6. The molecule has 2 N–H and O–H groups in total. The maximum Gasteiger partial charge on any atom is 0.355 e. The van der Waals surface area contributed by atoms with Gasteiger partial charge in [-0.2, -0.15) is 0 Å². The summed E-state index contributed by atoms with van der Waals surface area (Å²) >= 11 is 0. The topological polar surface area (TPSA) is 91.4 Å². The molecule has 1 aromatic rings. The van der Waals surface area contributed by atoms with E-state index in [0.717, 1.165) is 25.7 Å². The summed E-state index contributed by atoms with van der Waals surface area (Å²) in [7, 11) is -2.21. The van der Waals surface area contributed by atoms with Crippen molar-refractivity contribution in [3.63, 3.8) is 0 Å². The molecule has 0 aromatic carbocycles. The van der Waals surface area contributed by atoms with Crippen LogP contribution in [0.2, 0.25) is 0 Å². The summed E-state index contributed by atoms with van der Waals surface area (Å²) in [6.07, 6.45) is 6.40. The molecule has 1 saturated carbocycles. The Bertz CT molecular complexity index is 621. The molecule has 21 heavy (non-hydrogen) atoms. The van der Waals surface area contributed by atoms with Crippen LogP contribution in [-0.2, 0) is 21.8 Å². The Morgan fingerprint density at radius 2 is 2.10 bits per heavy atom. The van der Waals surface area contributed by atoms with Crippen LogP contribution in [0.15, 0.2) is 17.2 Å². The van der Waals surface area contributed by atoms with Crippen LogP contribution >= 0.6 is 0 Å². The summed E-state index contributed by atoms with van der Waals surface area (Å²) in [5.41, 5.74) is 0.208. The molecule has 1 aliphatic carbocycles. The number of nitrogens with zero attached hydrogens (tertiary/aromatic N) is 1. The lowest BCUT2D eigenvalue weighted by Gasteiger charge is -2.30. The summed E-state index contributed by atoms with van der Waals surface area (Å²) in [5.74, 6) is -0.0987. The lowest BCUT2D eigenvalue weighted by Crippen LogP contribution is -2.30. The lowest BCUT2D eigenvalue weighted by atomic mass is 9.85. The van der Waals surface area contributed by atoms with E-state index < -0.39 is 16.0 Å². The molecule has 0 radical (unpaired) electrons. The average Bonchev–Trinajstić information content (AvgIpc) is 2.81. The van der Waals surface area contributed by atoms with Gasteiger partial charge in [0.25, 0.3) is 0 Å². The average molecular weight is 314 g/mol. The molecule has 1 aliphatic rings. The van der Waals surface area contributed by atoms with Crippen molar-refractivity contribution >= 4 is 16.0 Å². The molecular formula is C14H22N2O4S. The molecule has 0 spiro atoms. The van der Waals surface area contributed by atoms with Crippen LogP contribution in [0.3, 0.4) is 0 Å². The third-order valence-corrected chi connectivity index (χ3v) is 5.02. The van der Waals surface area contributed by atoms with Gasteiger partial charge in [-0.3, -0.25) is 0 Å². The van der Waals surface area contributed by atoms with Gasteiger partial charge >= 0.3 is 5.97 Å². The van der Waals surface area contributed by atoms with Crippen LogP contribution in [0.1, 0.15) is 49.5 Å². The molecule has 2 unspecified atom stereocenters. The monoisotopic (exact) mass is 314 g/mol. The molecule has 2 rings (SSSR count). The third kappa shape index (κ3) is 3.65. The smallest absolute Gasteiger partial charge is 0.355 e. The maximum atomic E-state index is 12.3. The first kappa shape index (κ1) is 16.0. The molecule has 7 heteroatoms. The van der Waals surface area contributed by atoms with Crippen LogP contribution in [0, 0.1) is 5.92 Å². The van der Waals surface area contributed by atoms with Crippen molar-refractivity contribution in [3.8, 4) is 0 Å². The first-order valence-electron chi connectivity index (χ1n) is 7.23. The van der Waals surface area contributed by atoms with E-state index in [4.69, 9.17) is 9.88 Å². The fraction of sp³-hybridized carbons (Fsp3) is 0.643. The Labute approximate surface area is 125 Å². The van der Waals surface area contributed by atoms with Crippen LogP contribution in [0.25, 0.3) is 0 Å². The van der Waals surface area contributed by atoms with E-state index in [1.54, 1.807) is 7.05 Å². The standard InChI is InChI=1S/C14H22N2O4S/c1-3-10-6-4-5-7-13(10)20-14(17)12-8-11(9-16(12)2)21(15,18)19/h8-10,13H,3-7H2,1-2H3,(H2,15,18,19). The van der Waals surface area contributed by atoms with Crippen LogP contribution < -0.4 is 5.14 Å². The Hall–Kier alpha value is -1.34. The number of rotatable bonds is 4. The van der Waals surface area contributed by atoms with Gasteiger partial charge in [-0.1, -0.05) is 13.3 Å². The van der Waals surface area contributed by atoms with Crippen molar-refractivity contribution in [2.45, 2.75) is 50.0 Å². The molecule has 0 bridgehead atoms. The number of aryl methyl sites for hydroxylation is 1. The fourth-order valence-corrected chi connectivity index (χ4v) is 3.47. The Morgan fingerprint density at radius 3 is 2.67 bits per heavy atom. The second kappa shape index (κ2) is 6.19. The number of nitrogens with two attached hydrogens (primary N) is 1. The van der Waals surface area contributed by atoms with E-state index in [2.05, 4.69) is 6.92 Å². The molecule has 0 saturated heterocycles. The number of hydrogen-bond acceptors (Lipinski definition) is 4. The zero-order valence-corrected chi connectivity index (χ0v) is 13.2. The van der Waals surface area contributed by atoms with Crippen molar-refractivity contribution in [1.82, 2.24) is 4.57 Å². The highest BCUT2D eigenvalue weighted by atomic mass is 32.2. The van der Waals surface area contributed by atoms with Crippen molar-refractivity contribution < 1.29 is 17.9 Å². The second-order valence-electron chi connectivity index (χ2n) is 5.61. The molecule has 6 nitrogen and oxygen atoms in total.